The molecule has 2 amide bonds. The van der Waals surface area contributed by atoms with E-state index in [9.17, 15) is 9.59 Å². The number of hydrogen-bond donors (Lipinski definition) is 1. The van der Waals surface area contributed by atoms with Gasteiger partial charge in [0.05, 0.1) is 5.75 Å². The second-order valence-corrected chi connectivity index (χ2v) is 9.36. The van der Waals surface area contributed by atoms with Crippen molar-refractivity contribution in [3.8, 4) is 0 Å². The van der Waals surface area contributed by atoms with Crippen LogP contribution < -0.4 is 5.32 Å². The maximum atomic E-state index is 13.2. The number of nitrogens with zero attached hydrogens (tertiary/aromatic N) is 1. The fourth-order valence-corrected chi connectivity index (χ4v) is 4.62. The highest BCUT2D eigenvalue weighted by Gasteiger charge is 2.28. The van der Waals surface area contributed by atoms with Crippen LogP contribution in [0.15, 0.2) is 42.5 Å². The van der Waals surface area contributed by atoms with Gasteiger partial charge in [-0.05, 0) is 48.2 Å². The van der Waals surface area contributed by atoms with E-state index in [1.807, 2.05) is 38.1 Å². The Bertz CT molecular complexity index is 895. The van der Waals surface area contributed by atoms with E-state index in [4.69, 9.17) is 34.8 Å². The average Bonchev–Trinajstić information content (AvgIpc) is 2.73. The Morgan fingerprint density at radius 2 is 1.81 bits per heavy atom. The first-order valence-corrected chi connectivity index (χ1v) is 12.5. The maximum Gasteiger partial charge on any atom is 0.242 e. The molecule has 0 aliphatic heterocycles. The first-order valence-electron chi connectivity index (χ1n) is 10.2. The van der Waals surface area contributed by atoms with E-state index >= 15 is 0 Å². The van der Waals surface area contributed by atoms with Crippen LogP contribution in [0.25, 0.3) is 0 Å². The number of hydrogen-bond acceptors (Lipinski definition) is 3. The molecule has 31 heavy (non-hydrogen) atoms. The third-order valence-electron chi connectivity index (χ3n) is 4.67. The van der Waals surface area contributed by atoms with Gasteiger partial charge in [-0.3, -0.25) is 9.59 Å². The van der Waals surface area contributed by atoms with Crippen molar-refractivity contribution in [3.63, 3.8) is 0 Å². The predicted octanol–water partition coefficient (Wildman–Crippen LogP) is 6.21. The molecule has 168 valence electrons. The van der Waals surface area contributed by atoms with Crippen molar-refractivity contribution >= 4 is 58.4 Å². The number of rotatable bonds is 11. The summed E-state index contributed by atoms with van der Waals surface area (Å²) in [6, 6.07) is 12.2. The van der Waals surface area contributed by atoms with Crippen LogP contribution in [-0.2, 0) is 21.9 Å². The van der Waals surface area contributed by atoms with Gasteiger partial charge in [-0.25, -0.2) is 0 Å². The van der Waals surface area contributed by atoms with Crippen molar-refractivity contribution in [1.82, 2.24) is 10.2 Å². The molecule has 2 aromatic carbocycles. The quantitative estimate of drug-likeness (QED) is 0.398. The van der Waals surface area contributed by atoms with E-state index in [1.54, 1.807) is 23.1 Å². The van der Waals surface area contributed by atoms with Gasteiger partial charge in [-0.2, -0.15) is 0 Å². The first-order chi connectivity index (χ1) is 14.8. The molecule has 0 heterocycles. The van der Waals surface area contributed by atoms with Gasteiger partial charge in [0.1, 0.15) is 6.04 Å². The highest BCUT2D eigenvalue weighted by Crippen LogP contribution is 2.25. The summed E-state index contributed by atoms with van der Waals surface area (Å²) in [7, 11) is 0. The minimum atomic E-state index is -0.572. The smallest absolute Gasteiger partial charge is 0.242 e. The Labute approximate surface area is 203 Å². The average molecular weight is 502 g/mol. The summed E-state index contributed by atoms with van der Waals surface area (Å²) in [6.07, 6.45) is 1.33. The molecule has 2 rings (SSSR count). The lowest BCUT2D eigenvalue weighted by Crippen LogP contribution is -2.49. The van der Waals surface area contributed by atoms with E-state index in [2.05, 4.69) is 5.32 Å². The fourth-order valence-electron chi connectivity index (χ4n) is 3.08. The van der Waals surface area contributed by atoms with Gasteiger partial charge in [-0.15, -0.1) is 11.8 Å². The molecule has 0 saturated carbocycles. The molecule has 0 saturated heterocycles. The van der Waals surface area contributed by atoms with Gasteiger partial charge in [0, 0.05) is 33.9 Å². The number of amides is 2. The SMILES string of the molecule is CCCNC(=O)C(CC)N(Cc1ccc(Cl)cc1Cl)C(=O)CSCc1cccc(Cl)c1. The summed E-state index contributed by atoms with van der Waals surface area (Å²) < 4.78 is 0. The van der Waals surface area contributed by atoms with Crippen LogP contribution in [-0.4, -0.2) is 35.1 Å². The lowest BCUT2D eigenvalue weighted by molar-refractivity contribution is -0.139. The minimum absolute atomic E-state index is 0.114. The summed E-state index contributed by atoms with van der Waals surface area (Å²) in [5.74, 6) is 0.634. The molecule has 8 heteroatoms. The molecule has 0 aromatic heterocycles. The Kier molecular flexibility index (Phi) is 11.0. The molecule has 1 atom stereocenters. The fraction of sp³-hybridized carbons (Fsp3) is 0.391. The van der Waals surface area contributed by atoms with Crippen LogP contribution in [0.3, 0.4) is 0 Å². The van der Waals surface area contributed by atoms with Gasteiger partial charge in [0.25, 0.3) is 0 Å². The Hall–Kier alpha value is -1.40. The highest BCUT2D eigenvalue weighted by atomic mass is 35.5. The van der Waals surface area contributed by atoms with Crippen LogP contribution >= 0.6 is 46.6 Å². The zero-order chi connectivity index (χ0) is 22.8. The lowest BCUT2D eigenvalue weighted by atomic mass is 10.1. The van der Waals surface area contributed by atoms with Gasteiger partial charge in [-0.1, -0.05) is 66.8 Å². The molecule has 0 bridgehead atoms. The topological polar surface area (TPSA) is 49.4 Å². The van der Waals surface area contributed by atoms with Crippen molar-refractivity contribution in [1.29, 1.82) is 0 Å². The molecule has 0 spiro atoms. The molecule has 0 aliphatic rings. The molecular weight excluding hydrogens is 475 g/mol. The van der Waals surface area contributed by atoms with Crippen molar-refractivity contribution in [3.05, 3.63) is 68.7 Å². The van der Waals surface area contributed by atoms with Crippen LogP contribution in [0, 0.1) is 0 Å². The number of halogens is 3. The molecular formula is C23H27Cl3N2O2S. The molecule has 0 radical (unpaired) electrons. The Balaban J connectivity index is 2.16. The van der Waals surface area contributed by atoms with Gasteiger partial charge < -0.3 is 10.2 Å². The van der Waals surface area contributed by atoms with Gasteiger partial charge in [0.2, 0.25) is 11.8 Å². The zero-order valence-corrected chi connectivity index (χ0v) is 20.8. The predicted molar refractivity (Wildman–Crippen MR) is 132 cm³/mol. The summed E-state index contributed by atoms with van der Waals surface area (Å²) in [4.78, 5) is 27.6. The summed E-state index contributed by atoms with van der Waals surface area (Å²) in [6.45, 7) is 4.70. The van der Waals surface area contributed by atoms with E-state index in [0.717, 1.165) is 17.5 Å². The van der Waals surface area contributed by atoms with Crippen LogP contribution in [0.1, 0.15) is 37.8 Å². The third-order valence-corrected chi connectivity index (χ3v) is 6.48. The van der Waals surface area contributed by atoms with Crippen LogP contribution in [0.2, 0.25) is 15.1 Å². The second kappa shape index (κ2) is 13.2. The number of benzene rings is 2. The minimum Gasteiger partial charge on any atom is -0.354 e. The number of nitrogens with one attached hydrogen (secondary N) is 1. The molecule has 4 nitrogen and oxygen atoms in total. The molecule has 1 N–H and O–H groups in total. The molecule has 1 unspecified atom stereocenters. The molecule has 0 aliphatic carbocycles. The molecule has 2 aromatic rings. The van der Waals surface area contributed by atoms with Crippen LogP contribution in [0.4, 0.5) is 0 Å². The van der Waals surface area contributed by atoms with E-state index in [1.165, 1.54) is 11.8 Å². The van der Waals surface area contributed by atoms with Gasteiger partial charge in [0.15, 0.2) is 0 Å². The Morgan fingerprint density at radius 1 is 1.06 bits per heavy atom. The van der Waals surface area contributed by atoms with E-state index in [0.29, 0.717) is 33.8 Å². The molecule has 0 fully saturated rings. The second-order valence-electron chi connectivity index (χ2n) is 7.10. The van der Waals surface area contributed by atoms with Crippen LogP contribution in [0.5, 0.6) is 0 Å². The Morgan fingerprint density at radius 3 is 2.45 bits per heavy atom. The summed E-state index contributed by atoms with van der Waals surface area (Å²) >= 11 is 19.9. The van der Waals surface area contributed by atoms with Crippen molar-refractivity contribution in [2.75, 3.05) is 12.3 Å². The first kappa shape index (κ1) is 25.9. The lowest BCUT2D eigenvalue weighted by Gasteiger charge is -2.31. The monoisotopic (exact) mass is 500 g/mol. The van der Waals surface area contributed by atoms with Crippen molar-refractivity contribution in [2.45, 2.75) is 45.0 Å². The van der Waals surface area contributed by atoms with Crippen molar-refractivity contribution < 1.29 is 9.59 Å². The maximum absolute atomic E-state index is 13.2. The summed E-state index contributed by atoms with van der Waals surface area (Å²) in [5.41, 5.74) is 1.80. The zero-order valence-electron chi connectivity index (χ0n) is 17.7. The largest absolute Gasteiger partial charge is 0.354 e. The van der Waals surface area contributed by atoms with E-state index < -0.39 is 6.04 Å². The number of thioether (sulfide) groups is 1. The van der Waals surface area contributed by atoms with Crippen molar-refractivity contribution in [2.24, 2.45) is 0 Å². The summed E-state index contributed by atoms with van der Waals surface area (Å²) in [5, 5.41) is 4.57. The normalized spacial score (nSPS) is 11.8. The standard InChI is InChI=1S/C23H27Cl3N2O2S/c1-3-10-27-23(30)21(4-2)28(13-17-8-9-19(25)12-20(17)26)22(29)15-31-14-16-6-5-7-18(24)11-16/h5-9,11-12,21H,3-4,10,13-15H2,1-2H3,(H,27,30). The third kappa shape index (κ3) is 8.23. The number of carbonyl (C=O) groups is 2. The number of carbonyl (C=O) groups excluding carboxylic acids is 2. The highest BCUT2D eigenvalue weighted by molar-refractivity contribution is 7.99. The van der Waals surface area contributed by atoms with E-state index in [-0.39, 0.29) is 24.1 Å². The van der Waals surface area contributed by atoms with Gasteiger partial charge >= 0.3 is 0 Å².